The average molecular weight is 329 g/mol. The zero-order valence-corrected chi connectivity index (χ0v) is 12.8. The van der Waals surface area contributed by atoms with Crippen molar-refractivity contribution < 1.29 is 9.72 Å². The molecule has 0 unspecified atom stereocenters. The minimum absolute atomic E-state index is 0.0912. The molecule has 0 radical (unpaired) electrons. The van der Waals surface area contributed by atoms with Gasteiger partial charge in [0.15, 0.2) is 0 Å². The molecule has 1 rings (SSSR count). The molecule has 0 aromatic heterocycles. The zero-order chi connectivity index (χ0) is 14.6. The monoisotopic (exact) mass is 328 g/mol. The Morgan fingerprint density at radius 2 is 2.11 bits per heavy atom. The maximum atomic E-state index is 12.4. The van der Waals surface area contributed by atoms with Gasteiger partial charge in [-0.2, -0.15) is 0 Å². The normalized spacial score (nSPS) is 10.6. The number of hydrogen-bond acceptors (Lipinski definition) is 3. The van der Waals surface area contributed by atoms with E-state index in [-0.39, 0.29) is 16.1 Å². The number of carbonyl (C=O) groups is 1. The molecule has 0 heterocycles. The molecule has 0 spiro atoms. The van der Waals surface area contributed by atoms with Crippen molar-refractivity contribution in [3.8, 4) is 0 Å². The van der Waals surface area contributed by atoms with Gasteiger partial charge in [-0.3, -0.25) is 14.9 Å². The van der Waals surface area contributed by atoms with E-state index in [4.69, 9.17) is 0 Å². The number of amides is 1. The van der Waals surface area contributed by atoms with Gasteiger partial charge in [-0.05, 0) is 34.8 Å². The first-order valence-electron chi connectivity index (χ1n) is 6.10. The van der Waals surface area contributed by atoms with Gasteiger partial charge in [0, 0.05) is 19.2 Å². The molecular formula is C13H17BrN2O3. The smallest absolute Gasteiger partial charge is 0.284 e. The molecule has 1 aromatic rings. The number of rotatable bonds is 5. The Hall–Kier alpha value is -1.43. The number of nitro benzene ring substituents is 1. The highest BCUT2D eigenvalue weighted by atomic mass is 79.9. The van der Waals surface area contributed by atoms with Gasteiger partial charge in [0.05, 0.1) is 10.5 Å². The van der Waals surface area contributed by atoms with Crippen LogP contribution in [0.5, 0.6) is 0 Å². The maximum absolute atomic E-state index is 12.4. The van der Waals surface area contributed by atoms with E-state index < -0.39 is 4.92 Å². The van der Waals surface area contributed by atoms with Gasteiger partial charge >= 0.3 is 0 Å². The van der Waals surface area contributed by atoms with Gasteiger partial charge in [-0.15, -0.1) is 0 Å². The van der Waals surface area contributed by atoms with E-state index in [9.17, 15) is 14.9 Å². The predicted molar refractivity (Wildman–Crippen MR) is 77.2 cm³/mol. The molecule has 0 saturated carbocycles. The van der Waals surface area contributed by atoms with Crippen molar-refractivity contribution in [3.05, 3.63) is 38.3 Å². The van der Waals surface area contributed by atoms with Crippen molar-refractivity contribution in [1.29, 1.82) is 0 Å². The lowest BCUT2D eigenvalue weighted by molar-refractivity contribution is -0.385. The Bertz CT molecular complexity index is 489. The van der Waals surface area contributed by atoms with Gasteiger partial charge in [-0.1, -0.05) is 19.9 Å². The number of nitro groups is 1. The van der Waals surface area contributed by atoms with Crippen LogP contribution in [0.25, 0.3) is 0 Å². The highest BCUT2D eigenvalue weighted by molar-refractivity contribution is 9.10. The molecule has 0 aliphatic rings. The van der Waals surface area contributed by atoms with Crippen LogP contribution in [0, 0.1) is 16.0 Å². The lowest BCUT2D eigenvalue weighted by atomic mass is 10.1. The van der Waals surface area contributed by atoms with E-state index in [0.29, 0.717) is 24.6 Å². The van der Waals surface area contributed by atoms with Crippen LogP contribution in [0.4, 0.5) is 5.69 Å². The first-order valence-corrected chi connectivity index (χ1v) is 6.89. The second kappa shape index (κ2) is 6.65. The Labute approximate surface area is 120 Å². The Morgan fingerprint density at radius 3 is 2.58 bits per heavy atom. The van der Waals surface area contributed by atoms with E-state index >= 15 is 0 Å². The van der Waals surface area contributed by atoms with Crippen LogP contribution in [0.1, 0.15) is 31.1 Å². The molecule has 0 fully saturated rings. The molecule has 0 saturated heterocycles. The molecule has 5 nitrogen and oxygen atoms in total. The van der Waals surface area contributed by atoms with Crippen LogP contribution in [-0.4, -0.2) is 28.8 Å². The summed E-state index contributed by atoms with van der Waals surface area (Å²) in [5, 5.41) is 10.9. The van der Waals surface area contributed by atoms with E-state index in [1.165, 1.54) is 12.1 Å². The largest absolute Gasteiger partial charge is 0.339 e. The summed E-state index contributed by atoms with van der Waals surface area (Å²) < 4.78 is 0.243. The van der Waals surface area contributed by atoms with E-state index in [2.05, 4.69) is 15.9 Å². The zero-order valence-electron chi connectivity index (χ0n) is 11.2. The van der Waals surface area contributed by atoms with Crippen LogP contribution >= 0.6 is 15.9 Å². The minimum Gasteiger partial charge on any atom is -0.339 e. The fourth-order valence-electron chi connectivity index (χ4n) is 1.79. The second-order valence-corrected chi connectivity index (χ2v) is 5.43. The number of nitrogens with zero attached hydrogens (tertiary/aromatic N) is 2. The van der Waals surface area contributed by atoms with Crippen LogP contribution in [0.15, 0.2) is 22.7 Å². The third-order valence-corrected chi connectivity index (χ3v) is 3.49. The Kier molecular flexibility index (Phi) is 5.47. The standard InChI is InChI=1S/C13H17BrN2O3/c1-4-15(8-9(2)3)13(17)10-6-5-7-11(12(10)14)16(18)19/h5-7,9H,4,8H2,1-3H3. The number of halogens is 1. The summed E-state index contributed by atoms with van der Waals surface area (Å²) in [5.41, 5.74) is 0.239. The quantitative estimate of drug-likeness (QED) is 0.614. The lowest BCUT2D eigenvalue weighted by Crippen LogP contribution is -2.34. The van der Waals surface area contributed by atoms with Crippen molar-refractivity contribution >= 4 is 27.5 Å². The van der Waals surface area contributed by atoms with Crippen LogP contribution in [0.3, 0.4) is 0 Å². The third-order valence-electron chi connectivity index (χ3n) is 2.66. The molecule has 0 bridgehead atoms. The molecule has 0 aliphatic heterocycles. The second-order valence-electron chi connectivity index (χ2n) is 4.63. The van der Waals surface area contributed by atoms with Crippen molar-refractivity contribution in [2.45, 2.75) is 20.8 Å². The topological polar surface area (TPSA) is 63.5 Å². The molecule has 1 amide bonds. The molecular weight excluding hydrogens is 312 g/mol. The molecule has 19 heavy (non-hydrogen) atoms. The van der Waals surface area contributed by atoms with E-state index in [1.54, 1.807) is 11.0 Å². The molecule has 0 aliphatic carbocycles. The third kappa shape index (κ3) is 3.76. The van der Waals surface area contributed by atoms with Gasteiger partial charge in [0.2, 0.25) is 0 Å². The van der Waals surface area contributed by atoms with Crippen molar-refractivity contribution in [1.82, 2.24) is 4.90 Å². The molecule has 0 N–H and O–H groups in total. The minimum atomic E-state index is -0.500. The van der Waals surface area contributed by atoms with E-state index in [1.807, 2.05) is 20.8 Å². The summed E-state index contributed by atoms with van der Waals surface area (Å²) in [6, 6.07) is 4.50. The Morgan fingerprint density at radius 1 is 1.47 bits per heavy atom. The van der Waals surface area contributed by atoms with Gasteiger partial charge < -0.3 is 4.90 Å². The molecule has 0 atom stereocenters. The molecule has 104 valence electrons. The van der Waals surface area contributed by atoms with Crippen LogP contribution in [-0.2, 0) is 0 Å². The summed E-state index contributed by atoms with van der Waals surface area (Å²) in [6.45, 7) is 7.15. The fourth-order valence-corrected chi connectivity index (χ4v) is 2.37. The van der Waals surface area contributed by atoms with Crippen molar-refractivity contribution in [2.24, 2.45) is 5.92 Å². The molecule has 6 heteroatoms. The first kappa shape index (κ1) is 15.6. The fraction of sp³-hybridized carbons (Fsp3) is 0.462. The van der Waals surface area contributed by atoms with Gasteiger partial charge in [-0.25, -0.2) is 0 Å². The lowest BCUT2D eigenvalue weighted by Gasteiger charge is -2.23. The summed E-state index contributed by atoms with van der Waals surface area (Å²) in [6.07, 6.45) is 0. The van der Waals surface area contributed by atoms with Crippen molar-refractivity contribution in [3.63, 3.8) is 0 Å². The van der Waals surface area contributed by atoms with Crippen LogP contribution in [0.2, 0.25) is 0 Å². The first-order chi connectivity index (χ1) is 8.88. The van der Waals surface area contributed by atoms with Crippen molar-refractivity contribution in [2.75, 3.05) is 13.1 Å². The average Bonchev–Trinajstić information content (AvgIpc) is 2.34. The number of hydrogen-bond donors (Lipinski definition) is 0. The highest BCUT2D eigenvalue weighted by Crippen LogP contribution is 2.29. The predicted octanol–water partition coefficient (Wildman–Crippen LogP) is 3.48. The van der Waals surface area contributed by atoms with Gasteiger partial charge in [0.25, 0.3) is 11.6 Å². The number of carbonyl (C=O) groups excluding carboxylic acids is 1. The van der Waals surface area contributed by atoms with E-state index in [0.717, 1.165) is 0 Å². The Balaban J connectivity index is 3.11. The SMILES string of the molecule is CCN(CC(C)C)C(=O)c1cccc([N+](=O)[O-])c1Br. The summed E-state index contributed by atoms with van der Waals surface area (Å²) in [7, 11) is 0. The maximum Gasteiger partial charge on any atom is 0.284 e. The highest BCUT2D eigenvalue weighted by Gasteiger charge is 2.23. The summed E-state index contributed by atoms with van der Waals surface area (Å²) in [4.78, 5) is 24.4. The van der Waals surface area contributed by atoms with Gasteiger partial charge in [0.1, 0.15) is 4.47 Å². The summed E-state index contributed by atoms with van der Waals surface area (Å²) in [5.74, 6) is 0.160. The van der Waals surface area contributed by atoms with Crippen LogP contribution < -0.4 is 0 Å². The molecule has 1 aromatic carbocycles. The number of benzene rings is 1. The summed E-state index contributed by atoms with van der Waals surface area (Å²) >= 11 is 3.16.